The molecule has 1 atom stereocenters. The second-order valence-corrected chi connectivity index (χ2v) is 8.52. The van der Waals surface area contributed by atoms with Crippen LogP contribution in [-0.4, -0.2) is 41.9 Å². The number of carbonyl (C=O) groups is 3. The van der Waals surface area contributed by atoms with Gasteiger partial charge in [-0.05, 0) is 62.2 Å². The molecule has 0 aliphatic carbocycles. The van der Waals surface area contributed by atoms with E-state index in [4.69, 9.17) is 9.47 Å². The molecule has 7 nitrogen and oxygen atoms in total. The molecule has 1 fully saturated rings. The Labute approximate surface area is 197 Å². The lowest BCUT2D eigenvalue weighted by molar-refractivity contribution is 0.0475. The van der Waals surface area contributed by atoms with Gasteiger partial charge in [0.2, 0.25) is 0 Å². The molecule has 0 bridgehead atoms. The van der Waals surface area contributed by atoms with Gasteiger partial charge in [0.1, 0.15) is 11.5 Å². The van der Waals surface area contributed by atoms with Gasteiger partial charge in [-0.2, -0.15) is 0 Å². The first-order valence-electron chi connectivity index (χ1n) is 11.3. The van der Waals surface area contributed by atoms with Crippen LogP contribution in [-0.2, 0) is 4.74 Å². The SMILES string of the molecule is Cc1cccc(C(=O)Nc2cccc(Oc3ccc4c(c3)C(=O)N(CC3CCCO3)C4=O)c2)c1. The number of carbonyl (C=O) groups excluding carboxylic acids is 3. The number of aryl methyl sites for hydroxylation is 1. The zero-order valence-electron chi connectivity index (χ0n) is 18.7. The van der Waals surface area contributed by atoms with E-state index in [9.17, 15) is 14.4 Å². The van der Waals surface area contributed by atoms with Gasteiger partial charge in [-0.25, -0.2) is 0 Å². The number of benzene rings is 3. The number of hydrogen-bond donors (Lipinski definition) is 1. The molecule has 3 amide bonds. The summed E-state index contributed by atoms with van der Waals surface area (Å²) >= 11 is 0. The van der Waals surface area contributed by atoms with Gasteiger partial charge in [0, 0.05) is 23.9 Å². The summed E-state index contributed by atoms with van der Waals surface area (Å²) in [6.07, 6.45) is 1.69. The lowest BCUT2D eigenvalue weighted by atomic mass is 10.1. The van der Waals surface area contributed by atoms with Crippen LogP contribution in [0.25, 0.3) is 0 Å². The Morgan fingerprint density at radius 3 is 2.59 bits per heavy atom. The molecule has 5 rings (SSSR count). The van der Waals surface area contributed by atoms with Gasteiger partial charge in [0.25, 0.3) is 17.7 Å². The normalized spacial score (nSPS) is 17.1. The number of hydrogen-bond acceptors (Lipinski definition) is 5. The number of nitrogens with one attached hydrogen (secondary N) is 1. The second kappa shape index (κ2) is 9.11. The summed E-state index contributed by atoms with van der Waals surface area (Å²) in [5.41, 5.74) is 2.85. The van der Waals surface area contributed by atoms with Gasteiger partial charge >= 0.3 is 0 Å². The zero-order valence-corrected chi connectivity index (χ0v) is 18.7. The molecule has 0 saturated carbocycles. The van der Waals surface area contributed by atoms with Crippen molar-refractivity contribution in [1.82, 2.24) is 4.90 Å². The van der Waals surface area contributed by atoms with Crippen LogP contribution < -0.4 is 10.1 Å². The van der Waals surface area contributed by atoms with E-state index in [-0.39, 0.29) is 30.4 Å². The van der Waals surface area contributed by atoms with E-state index >= 15 is 0 Å². The molecule has 3 aromatic carbocycles. The molecular weight excluding hydrogens is 432 g/mol. The number of nitrogens with zero attached hydrogens (tertiary/aromatic N) is 1. The van der Waals surface area contributed by atoms with E-state index in [1.54, 1.807) is 48.5 Å². The van der Waals surface area contributed by atoms with Gasteiger partial charge < -0.3 is 14.8 Å². The van der Waals surface area contributed by atoms with Crippen LogP contribution in [0.3, 0.4) is 0 Å². The van der Waals surface area contributed by atoms with Crippen molar-refractivity contribution >= 4 is 23.4 Å². The molecule has 0 radical (unpaired) electrons. The predicted octanol–water partition coefficient (Wildman–Crippen LogP) is 4.81. The Bertz CT molecular complexity index is 1280. The van der Waals surface area contributed by atoms with Gasteiger partial charge in [-0.15, -0.1) is 0 Å². The molecule has 2 heterocycles. The molecular formula is C27H24N2O5. The largest absolute Gasteiger partial charge is 0.457 e. The first-order chi connectivity index (χ1) is 16.5. The molecule has 172 valence electrons. The summed E-state index contributed by atoms with van der Waals surface area (Å²) in [5, 5.41) is 2.87. The third kappa shape index (κ3) is 4.43. The minimum atomic E-state index is -0.333. The van der Waals surface area contributed by atoms with Crippen LogP contribution >= 0.6 is 0 Å². The Morgan fingerprint density at radius 2 is 1.79 bits per heavy atom. The van der Waals surface area contributed by atoms with Gasteiger partial charge in [0.05, 0.1) is 23.8 Å². The fourth-order valence-electron chi connectivity index (χ4n) is 4.25. The van der Waals surface area contributed by atoms with E-state index in [2.05, 4.69) is 5.32 Å². The lowest BCUT2D eigenvalue weighted by Gasteiger charge is -2.17. The highest BCUT2D eigenvalue weighted by atomic mass is 16.5. The van der Waals surface area contributed by atoms with Crippen molar-refractivity contribution in [2.24, 2.45) is 0 Å². The smallest absolute Gasteiger partial charge is 0.261 e. The van der Waals surface area contributed by atoms with Crippen LogP contribution in [0.2, 0.25) is 0 Å². The Morgan fingerprint density at radius 1 is 1.00 bits per heavy atom. The number of imide groups is 1. The number of fused-ring (bicyclic) bond motifs is 1. The average Bonchev–Trinajstić information content (AvgIpc) is 3.42. The summed E-state index contributed by atoms with van der Waals surface area (Å²) < 4.78 is 11.5. The van der Waals surface area contributed by atoms with E-state index in [0.717, 1.165) is 18.4 Å². The molecule has 7 heteroatoms. The van der Waals surface area contributed by atoms with Gasteiger partial charge in [-0.1, -0.05) is 23.8 Å². The first-order valence-corrected chi connectivity index (χ1v) is 11.3. The molecule has 1 saturated heterocycles. The van der Waals surface area contributed by atoms with Crippen LogP contribution in [0.4, 0.5) is 5.69 Å². The third-order valence-electron chi connectivity index (χ3n) is 5.96. The average molecular weight is 456 g/mol. The Hall–Kier alpha value is -3.97. The second-order valence-electron chi connectivity index (χ2n) is 8.52. The topological polar surface area (TPSA) is 84.9 Å². The highest BCUT2D eigenvalue weighted by Gasteiger charge is 2.37. The fourth-order valence-corrected chi connectivity index (χ4v) is 4.25. The summed E-state index contributed by atoms with van der Waals surface area (Å²) in [7, 11) is 0. The van der Waals surface area contributed by atoms with Crippen molar-refractivity contribution < 1.29 is 23.9 Å². The minimum Gasteiger partial charge on any atom is -0.457 e. The lowest BCUT2D eigenvalue weighted by Crippen LogP contribution is -2.36. The van der Waals surface area contributed by atoms with Crippen molar-refractivity contribution in [2.45, 2.75) is 25.9 Å². The van der Waals surface area contributed by atoms with Crippen LogP contribution in [0, 0.1) is 6.92 Å². The van der Waals surface area contributed by atoms with Gasteiger partial charge in [-0.3, -0.25) is 19.3 Å². The summed E-state index contributed by atoms with van der Waals surface area (Å²) in [4.78, 5) is 39.4. The highest BCUT2D eigenvalue weighted by molar-refractivity contribution is 6.21. The van der Waals surface area contributed by atoms with Crippen LogP contribution in [0.15, 0.2) is 66.7 Å². The molecule has 2 aliphatic rings. The van der Waals surface area contributed by atoms with Crippen molar-refractivity contribution in [2.75, 3.05) is 18.5 Å². The molecule has 0 aromatic heterocycles. The van der Waals surface area contributed by atoms with Crippen molar-refractivity contribution in [3.8, 4) is 11.5 Å². The van der Waals surface area contributed by atoms with Crippen molar-refractivity contribution in [1.29, 1.82) is 0 Å². The van der Waals surface area contributed by atoms with E-state index in [1.165, 1.54) is 4.90 Å². The van der Waals surface area contributed by atoms with E-state index < -0.39 is 0 Å². The molecule has 34 heavy (non-hydrogen) atoms. The summed E-state index contributed by atoms with van der Waals surface area (Å²) in [5.74, 6) is 0.0767. The number of rotatable bonds is 6. The number of amides is 3. The quantitative estimate of drug-likeness (QED) is 0.538. The Balaban J connectivity index is 1.30. The van der Waals surface area contributed by atoms with Gasteiger partial charge in [0.15, 0.2) is 0 Å². The molecule has 1 N–H and O–H groups in total. The third-order valence-corrected chi connectivity index (χ3v) is 5.96. The van der Waals surface area contributed by atoms with E-state index in [0.29, 0.717) is 40.5 Å². The molecule has 1 unspecified atom stereocenters. The first kappa shape index (κ1) is 21.9. The molecule has 3 aromatic rings. The highest BCUT2D eigenvalue weighted by Crippen LogP contribution is 2.31. The monoisotopic (exact) mass is 456 g/mol. The standard InChI is InChI=1S/C27H24N2O5/c1-17-5-2-6-18(13-17)25(30)28-19-7-3-8-20(14-19)34-21-10-11-23-24(15-21)27(32)29(26(23)31)16-22-9-4-12-33-22/h2-3,5-8,10-11,13-15,22H,4,9,12,16H2,1H3,(H,28,30). The molecule has 0 spiro atoms. The van der Waals surface area contributed by atoms with Crippen LogP contribution in [0.5, 0.6) is 11.5 Å². The van der Waals surface area contributed by atoms with E-state index in [1.807, 2.05) is 25.1 Å². The maximum absolute atomic E-state index is 12.9. The van der Waals surface area contributed by atoms with Crippen molar-refractivity contribution in [3.63, 3.8) is 0 Å². The minimum absolute atomic E-state index is 0.101. The molecule has 2 aliphatic heterocycles. The predicted molar refractivity (Wildman–Crippen MR) is 126 cm³/mol. The summed E-state index contributed by atoms with van der Waals surface area (Å²) in [6, 6.07) is 19.2. The maximum atomic E-state index is 12.9. The number of anilines is 1. The van der Waals surface area contributed by atoms with Crippen molar-refractivity contribution in [3.05, 3.63) is 89.0 Å². The maximum Gasteiger partial charge on any atom is 0.261 e. The number of ether oxygens (including phenoxy) is 2. The van der Waals surface area contributed by atoms with Crippen LogP contribution in [0.1, 0.15) is 49.5 Å². The fraction of sp³-hybridized carbons (Fsp3) is 0.222. The zero-order chi connectivity index (χ0) is 23.7. The Kier molecular flexibility index (Phi) is 5.86. The summed E-state index contributed by atoms with van der Waals surface area (Å²) in [6.45, 7) is 2.86.